The van der Waals surface area contributed by atoms with Crippen LogP contribution < -0.4 is 21.3 Å². The van der Waals surface area contributed by atoms with Crippen LogP contribution in [0.5, 0.6) is 0 Å². The number of piperazine rings is 1. The number of carbonyl (C=O) groups excluding carboxylic acids is 1. The van der Waals surface area contributed by atoms with Gasteiger partial charge in [0.15, 0.2) is 0 Å². The zero-order valence-electron chi connectivity index (χ0n) is 23.9. The van der Waals surface area contributed by atoms with Gasteiger partial charge in [0.1, 0.15) is 17.9 Å². The number of rotatable bonds is 8. The van der Waals surface area contributed by atoms with Gasteiger partial charge in [0.25, 0.3) is 5.91 Å². The molecule has 8 nitrogen and oxygen atoms in total. The van der Waals surface area contributed by atoms with E-state index in [4.69, 9.17) is 5.73 Å². The standard InChI is InChI=1S/C32H32F4N6O2/c1-20(41-14-16-42(17-15-41)29-13-7-24(19-38-29)32(34,35)36)30(43)39-26-10-4-22(5-11-26)31(44)40-28-18-23(6-12-27(28)37)21-2-8-25(33)9-3-21/h2-13,18-20,30,39,43H,14-17,37H2,1H3,(H,40,44). The summed E-state index contributed by atoms with van der Waals surface area (Å²) in [7, 11) is 0. The van der Waals surface area contributed by atoms with Crippen LogP contribution in [0.25, 0.3) is 11.1 Å². The van der Waals surface area contributed by atoms with Crippen molar-refractivity contribution < 1.29 is 27.5 Å². The summed E-state index contributed by atoms with van der Waals surface area (Å²) in [5, 5.41) is 16.7. The molecular formula is C32H32F4N6O2. The molecule has 3 aromatic carbocycles. The number of nitrogen functional groups attached to an aromatic ring is 1. The van der Waals surface area contributed by atoms with E-state index in [-0.39, 0.29) is 17.8 Å². The summed E-state index contributed by atoms with van der Waals surface area (Å²) in [5.41, 5.74) is 8.67. The van der Waals surface area contributed by atoms with Gasteiger partial charge in [0.2, 0.25) is 0 Å². The van der Waals surface area contributed by atoms with E-state index in [0.29, 0.717) is 54.6 Å². The lowest BCUT2D eigenvalue weighted by Crippen LogP contribution is -2.54. The molecule has 0 bridgehead atoms. The Hall–Kier alpha value is -4.68. The minimum atomic E-state index is -4.43. The molecule has 12 heteroatoms. The van der Waals surface area contributed by atoms with Crippen molar-refractivity contribution in [2.24, 2.45) is 0 Å². The van der Waals surface area contributed by atoms with Gasteiger partial charge in [0, 0.05) is 43.6 Å². The number of nitrogens with one attached hydrogen (secondary N) is 2. The Kier molecular flexibility index (Phi) is 9.02. The lowest BCUT2D eigenvalue weighted by atomic mass is 10.0. The summed E-state index contributed by atoms with van der Waals surface area (Å²) >= 11 is 0. The molecule has 0 radical (unpaired) electrons. The van der Waals surface area contributed by atoms with Crippen molar-refractivity contribution in [3.8, 4) is 11.1 Å². The molecule has 0 spiro atoms. The van der Waals surface area contributed by atoms with E-state index in [9.17, 15) is 27.5 Å². The molecule has 0 saturated carbocycles. The largest absolute Gasteiger partial charge is 0.417 e. The van der Waals surface area contributed by atoms with Crippen molar-refractivity contribution in [2.75, 3.05) is 47.4 Å². The number of alkyl halides is 3. The second-order valence-corrected chi connectivity index (χ2v) is 10.6. The smallest absolute Gasteiger partial charge is 0.397 e. The van der Waals surface area contributed by atoms with E-state index in [1.54, 1.807) is 54.6 Å². The van der Waals surface area contributed by atoms with Gasteiger partial charge >= 0.3 is 6.18 Å². The van der Waals surface area contributed by atoms with E-state index in [1.807, 2.05) is 11.8 Å². The van der Waals surface area contributed by atoms with Crippen LogP contribution in [0.4, 0.5) is 40.4 Å². The molecule has 2 unspecified atom stereocenters. The lowest BCUT2D eigenvalue weighted by Gasteiger charge is -2.40. The first-order chi connectivity index (χ1) is 21.0. The van der Waals surface area contributed by atoms with Gasteiger partial charge in [-0.1, -0.05) is 18.2 Å². The number of benzene rings is 3. The molecule has 5 rings (SSSR count). The third-order valence-corrected chi connectivity index (χ3v) is 7.69. The third kappa shape index (κ3) is 7.26. The van der Waals surface area contributed by atoms with Crippen molar-refractivity contribution in [3.63, 3.8) is 0 Å². The van der Waals surface area contributed by atoms with Crippen molar-refractivity contribution in [2.45, 2.75) is 25.4 Å². The van der Waals surface area contributed by atoms with Crippen LogP contribution in [0.3, 0.4) is 0 Å². The van der Waals surface area contributed by atoms with E-state index in [1.165, 1.54) is 18.2 Å². The maximum absolute atomic E-state index is 13.3. The van der Waals surface area contributed by atoms with E-state index in [0.717, 1.165) is 23.4 Å². The van der Waals surface area contributed by atoms with Crippen LogP contribution in [0.15, 0.2) is 85.1 Å². The first-order valence-electron chi connectivity index (χ1n) is 14.0. The fraction of sp³-hybridized carbons (Fsp3) is 0.250. The quantitative estimate of drug-likeness (QED) is 0.116. The Balaban J connectivity index is 1.14. The second-order valence-electron chi connectivity index (χ2n) is 10.6. The predicted molar refractivity (Wildman–Crippen MR) is 163 cm³/mol. The van der Waals surface area contributed by atoms with Crippen LogP contribution in [-0.2, 0) is 6.18 Å². The number of nitrogens with two attached hydrogens (primary N) is 1. The van der Waals surface area contributed by atoms with Crippen molar-refractivity contribution in [1.82, 2.24) is 9.88 Å². The fourth-order valence-electron chi connectivity index (χ4n) is 4.99. The van der Waals surface area contributed by atoms with Gasteiger partial charge in [0.05, 0.1) is 23.0 Å². The normalized spacial score (nSPS) is 15.5. The average molecular weight is 609 g/mol. The maximum atomic E-state index is 13.3. The molecule has 230 valence electrons. The lowest BCUT2D eigenvalue weighted by molar-refractivity contribution is -0.137. The van der Waals surface area contributed by atoms with Crippen molar-refractivity contribution >= 4 is 28.8 Å². The van der Waals surface area contributed by atoms with Gasteiger partial charge in [-0.15, -0.1) is 0 Å². The number of hydrogen-bond donors (Lipinski definition) is 4. The number of pyridine rings is 1. The van der Waals surface area contributed by atoms with Crippen LogP contribution >= 0.6 is 0 Å². The molecule has 1 aromatic heterocycles. The minimum absolute atomic E-state index is 0.267. The topological polar surface area (TPSA) is 107 Å². The molecule has 5 N–H and O–H groups in total. The number of halogens is 4. The number of hydrogen-bond acceptors (Lipinski definition) is 7. The highest BCUT2D eigenvalue weighted by Crippen LogP contribution is 2.30. The Labute approximate surface area is 252 Å². The summed E-state index contributed by atoms with van der Waals surface area (Å²) in [6.07, 6.45) is -4.50. The molecular weight excluding hydrogens is 576 g/mol. The molecule has 2 heterocycles. The maximum Gasteiger partial charge on any atom is 0.417 e. The Morgan fingerprint density at radius 2 is 1.59 bits per heavy atom. The SMILES string of the molecule is CC(C(O)Nc1ccc(C(=O)Nc2cc(-c3ccc(F)cc3)ccc2N)cc1)N1CCN(c2ccc(C(F)(F)F)cn2)CC1. The van der Waals surface area contributed by atoms with Gasteiger partial charge in [-0.05, 0) is 78.7 Å². The summed E-state index contributed by atoms with van der Waals surface area (Å²) in [6, 6.07) is 20.0. The van der Waals surface area contributed by atoms with E-state index < -0.39 is 18.0 Å². The number of aliphatic hydroxyl groups is 1. The number of aliphatic hydroxyl groups excluding tert-OH is 1. The van der Waals surface area contributed by atoms with Gasteiger partial charge < -0.3 is 26.4 Å². The third-order valence-electron chi connectivity index (χ3n) is 7.69. The average Bonchev–Trinajstić information content (AvgIpc) is 3.02. The molecule has 1 aliphatic heterocycles. The predicted octanol–water partition coefficient (Wildman–Crippen LogP) is 5.68. The number of carbonyl (C=O) groups is 1. The monoisotopic (exact) mass is 608 g/mol. The highest BCUT2D eigenvalue weighted by molar-refractivity contribution is 6.06. The molecule has 1 amide bonds. The zero-order valence-corrected chi connectivity index (χ0v) is 23.9. The summed E-state index contributed by atoms with van der Waals surface area (Å²) in [6.45, 7) is 4.17. The van der Waals surface area contributed by atoms with Gasteiger partial charge in [-0.2, -0.15) is 13.2 Å². The highest BCUT2D eigenvalue weighted by atomic mass is 19.4. The van der Waals surface area contributed by atoms with Gasteiger partial charge in [-0.25, -0.2) is 9.37 Å². The van der Waals surface area contributed by atoms with E-state index >= 15 is 0 Å². The first-order valence-corrected chi connectivity index (χ1v) is 14.0. The number of anilines is 4. The van der Waals surface area contributed by atoms with Crippen molar-refractivity contribution in [1.29, 1.82) is 0 Å². The number of nitrogens with zero attached hydrogens (tertiary/aromatic N) is 3. The number of aromatic nitrogens is 1. The molecule has 1 saturated heterocycles. The fourth-order valence-corrected chi connectivity index (χ4v) is 4.99. The molecule has 44 heavy (non-hydrogen) atoms. The first kappa shape index (κ1) is 30.8. The molecule has 2 atom stereocenters. The van der Waals surface area contributed by atoms with Crippen LogP contribution in [-0.4, -0.2) is 59.3 Å². The van der Waals surface area contributed by atoms with Crippen LogP contribution in [0.1, 0.15) is 22.8 Å². The Morgan fingerprint density at radius 3 is 2.20 bits per heavy atom. The van der Waals surface area contributed by atoms with Gasteiger partial charge in [-0.3, -0.25) is 9.69 Å². The highest BCUT2D eigenvalue weighted by Gasteiger charge is 2.31. The Morgan fingerprint density at radius 1 is 0.932 bits per heavy atom. The van der Waals surface area contributed by atoms with E-state index in [2.05, 4.69) is 20.5 Å². The molecule has 1 aliphatic rings. The Bertz CT molecular complexity index is 1570. The second kappa shape index (κ2) is 12.9. The van der Waals surface area contributed by atoms with Crippen LogP contribution in [0, 0.1) is 5.82 Å². The summed E-state index contributed by atoms with van der Waals surface area (Å²) < 4.78 is 51.8. The van der Waals surface area contributed by atoms with Crippen molar-refractivity contribution in [3.05, 3.63) is 102 Å². The summed E-state index contributed by atoms with van der Waals surface area (Å²) in [4.78, 5) is 20.9. The van der Waals surface area contributed by atoms with Crippen LogP contribution in [0.2, 0.25) is 0 Å². The minimum Gasteiger partial charge on any atom is -0.397 e. The zero-order chi connectivity index (χ0) is 31.4. The molecule has 1 fully saturated rings. The molecule has 4 aromatic rings. The molecule has 0 aliphatic carbocycles. The number of amides is 1. The summed E-state index contributed by atoms with van der Waals surface area (Å²) in [5.74, 6) is -0.224.